The summed E-state index contributed by atoms with van der Waals surface area (Å²) in [6.45, 7) is 0.447. The molecule has 0 saturated heterocycles. The second-order valence-corrected chi connectivity index (χ2v) is 11.5. The van der Waals surface area contributed by atoms with Gasteiger partial charge in [-0.15, -0.1) is 0 Å². The number of para-hydroxylation sites is 2. The van der Waals surface area contributed by atoms with Crippen molar-refractivity contribution in [2.45, 2.75) is 69.1 Å². The number of carboxylic acid groups (broad SMARTS) is 1. The molecule has 4 rings (SSSR count). The number of carboxylic acids is 1. The minimum atomic E-state index is -1.32. The number of amides is 4. The number of primary amides is 1. The summed E-state index contributed by atoms with van der Waals surface area (Å²) in [6, 6.07) is 10.1. The number of carbonyl (C=O) groups excluding carboxylic acids is 4. The lowest BCUT2D eigenvalue weighted by Gasteiger charge is -2.25. The van der Waals surface area contributed by atoms with Crippen LogP contribution in [0.1, 0.15) is 43.2 Å². The molecular formula is C33H42N8O6. The SMILES string of the molecule is NCCCCC(N)C(=O)NC(CCC(N)=O)C(=O)NC(Cc1c[nH]c2ccccc12)C(=O)NC(Cc1c[nH]c2ccccc12)C(=O)O. The van der Waals surface area contributed by atoms with Gasteiger partial charge in [-0.1, -0.05) is 42.8 Å². The molecule has 2 aromatic heterocycles. The van der Waals surface area contributed by atoms with Gasteiger partial charge in [-0.05, 0) is 49.1 Å². The second kappa shape index (κ2) is 16.4. The third-order valence-electron chi connectivity index (χ3n) is 8.06. The number of aliphatic carboxylic acids is 1. The highest BCUT2D eigenvalue weighted by Gasteiger charge is 2.31. The summed E-state index contributed by atoms with van der Waals surface area (Å²) in [5.41, 5.74) is 19.9. The molecule has 0 spiro atoms. The van der Waals surface area contributed by atoms with Crippen LogP contribution in [0.4, 0.5) is 0 Å². The van der Waals surface area contributed by atoms with E-state index in [2.05, 4.69) is 25.9 Å². The van der Waals surface area contributed by atoms with Crippen molar-refractivity contribution in [1.82, 2.24) is 25.9 Å². The summed E-state index contributed by atoms with van der Waals surface area (Å²) in [7, 11) is 0. The average Bonchev–Trinajstić information content (AvgIpc) is 3.66. The lowest BCUT2D eigenvalue weighted by Crippen LogP contribution is -2.58. The first kappa shape index (κ1) is 34.7. The molecule has 2 heterocycles. The van der Waals surface area contributed by atoms with Crippen molar-refractivity contribution in [3.05, 3.63) is 72.1 Å². The fourth-order valence-corrected chi connectivity index (χ4v) is 5.47. The topological polar surface area (TPSA) is 251 Å². The highest BCUT2D eigenvalue weighted by molar-refractivity contribution is 5.95. The molecule has 2 aromatic carbocycles. The van der Waals surface area contributed by atoms with Gasteiger partial charge in [0.05, 0.1) is 6.04 Å². The van der Waals surface area contributed by atoms with Crippen LogP contribution in [0.3, 0.4) is 0 Å². The first-order valence-corrected chi connectivity index (χ1v) is 15.5. The molecule has 0 aliphatic carbocycles. The fraction of sp³-hybridized carbons (Fsp3) is 0.364. The van der Waals surface area contributed by atoms with E-state index in [1.165, 1.54) is 0 Å². The highest BCUT2D eigenvalue weighted by atomic mass is 16.4. The van der Waals surface area contributed by atoms with Crippen LogP contribution >= 0.6 is 0 Å². The Morgan fingerprint density at radius 2 is 1.21 bits per heavy atom. The Hall–Kier alpha value is -5.21. The van der Waals surface area contributed by atoms with Crippen molar-refractivity contribution in [2.24, 2.45) is 17.2 Å². The van der Waals surface area contributed by atoms with E-state index < -0.39 is 53.8 Å². The molecule has 14 nitrogen and oxygen atoms in total. The van der Waals surface area contributed by atoms with Crippen LogP contribution in [0.25, 0.3) is 21.8 Å². The van der Waals surface area contributed by atoms with E-state index in [-0.39, 0.29) is 25.7 Å². The van der Waals surface area contributed by atoms with Crippen LogP contribution in [0.15, 0.2) is 60.9 Å². The number of hydrogen-bond acceptors (Lipinski definition) is 7. The third-order valence-corrected chi connectivity index (χ3v) is 8.06. The summed E-state index contributed by atoms with van der Waals surface area (Å²) >= 11 is 0. The van der Waals surface area contributed by atoms with Crippen LogP contribution in [0.5, 0.6) is 0 Å². The number of fused-ring (bicyclic) bond motifs is 2. The minimum absolute atomic E-state index is 0.00387. The molecule has 4 aromatic rings. The Bertz CT molecular complexity index is 1720. The number of rotatable bonds is 18. The average molecular weight is 647 g/mol. The number of nitrogens with one attached hydrogen (secondary N) is 5. The van der Waals surface area contributed by atoms with Crippen molar-refractivity contribution in [1.29, 1.82) is 0 Å². The Labute approximate surface area is 271 Å². The lowest BCUT2D eigenvalue weighted by atomic mass is 10.0. The van der Waals surface area contributed by atoms with Crippen LogP contribution < -0.4 is 33.2 Å². The number of H-pyrrole nitrogens is 2. The maximum atomic E-state index is 13.8. The van der Waals surface area contributed by atoms with E-state index in [9.17, 15) is 29.1 Å². The number of aromatic amines is 2. The first-order valence-electron chi connectivity index (χ1n) is 15.5. The Balaban J connectivity index is 1.57. The van der Waals surface area contributed by atoms with E-state index in [0.717, 1.165) is 21.8 Å². The molecule has 0 aliphatic heterocycles. The first-order chi connectivity index (χ1) is 22.6. The molecule has 12 N–H and O–H groups in total. The van der Waals surface area contributed by atoms with Crippen molar-refractivity contribution in [3.63, 3.8) is 0 Å². The fourth-order valence-electron chi connectivity index (χ4n) is 5.47. The van der Waals surface area contributed by atoms with E-state index in [1.54, 1.807) is 12.4 Å². The van der Waals surface area contributed by atoms with Gasteiger partial charge >= 0.3 is 5.97 Å². The predicted octanol–water partition coefficient (Wildman–Crippen LogP) is 0.695. The van der Waals surface area contributed by atoms with E-state index in [0.29, 0.717) is 36.9 Å². The molecule has 4 unspecified atom stereocenters. The Morgan fingerprint density at radius 3 is 1.77 bits per heavy atom. The molecule has 0 aliphatic rings. The zero-order valence-corrected chi connectivity index (χ0v) is 26.0. The standard InChI is InChI=1S/C33H42N8O6/c34-14-6-5-9-23(35)30(43)39-26(12-13-29(36)42)31(44)40-27(15-19-17-37-24-10-3-1-7-21(19)24)32(45)41-28(33(46)47)16-20-18-38-25-11-4-2-8-22(20)25/h1-4,7-8,10-11,17-18,23,26-28,37-38H,5-6,9,12-16,34-35H2,(H2,36,42)(H,39,43)(H,40,44)(H,41,45)(H,46,47). The van der Waals surface area contributed by atoms with Gasteiger partial charge in [-0.3, -0.25) is 19.2 Å². The highest BCUT2D eigenvalue weighted by Crippen LogP contribution is 2.21. The molecule has 0 radical (unpaired) electrons. The zero-order valence-electron chi connectivity index (χ0n) is 26.0. The molecule has 14 heteroatoms. The number of nitrogens with two attached hydrogens (primary N) is 3. The van der Waals surface area contributed by atoms with Gasteiger partial charge in [0, 0.05) is 53.5 Å². The molecule has 4 atom stereocenters. The van der Waals surface area contributed by atoms with Crippen molar-refractivity contribution < 1.29 is 29.1 Å². The Kier molecular flexibility index (Phi) is 12.1. The van der Waals surface area contributed by atoms with Gasteiger partial charge in [0.25, 0.3) is 0 Å². The van der Waals surface area contributed by atoms with Crippen molar-refractivity contribution in [3.8, 4) is 0 Å². The summed E-state index contributed by atoms with van der Waals surface area (Å²) in [6.07, 6.45) is 4.66. The maximum absolute atomic E-state index is 13.8. The summed E-state index contributed by atoms with van der Waals surface area (Å²) in [5, 5.41) is 19.6. The van der Waals surface area contributed by atoms with E-state index in [1.807, 2.05) is 48.5 Å². The van der Waals surface area contributed by atoms with Crippen molar-refractivity contribution >= 4 is 51.4 Å². The van der Waals surface area contributed by atoms with Gasteiger partial charge in [0.2, 0.25) is 23.6 Å². The molecule has 4 amide bonds. The number of aromatic nitrogens is 2. The zero-order chi connectivity index (χ0) is 33.9. The predicted molar refractivity (Wildman–Crippen MR) is 177 cm³/mol. The molecule has 0 bridgehead atoms. The summed E-state index contributed by atoms with van der Waals surface area (Å²) in [4.78, 5) is 70.5. The van der Waals surface area contributed by atoms with E-state index in [4.69, 9.17) is 17.2 Å². The molecule has 250 valence electrons. The molecule has 47 heavy (non-hydrogen) atoms. The van der Waals surface area contributed by atoms with E-state index >= 15 is 0 Å². The maximum Gasteiger partial charge on any atom is 0.326 e. The summed E-state index contributed by atoms with van der Waals surface area (Å²) < 4.78 is 0. The van der Waals surface area contributed by atoms with Gasteiger partial charge in [0.15, 0.2) is 0 Å². The number of carbonyl (C=O) groups is 5. The van der Waals surface area contributed by atoms with Crippen LogP contribution in [-0.2, 0) is 36.8 Å². The number of benzene rings is 2. The van der Waals surface area contributed by atoms with Crippen LogP contribution in [0, 0.1) is 0 Å². The number of hydrogen-bond donors (Lipinski definition) is 9. The minimum Gasteiger partial charge on any atom is -0.480 e. The molecular weight excluding hydrogens is 604 g/mol. The summed E-state index contributed by atoms with van der Waals surface area (Å²) in [5.74, 6) is -4.03. The van der Waals surface area contributed by atoms with Gasteiger partial charge in [-0.2, -0.15) is 0 Å². The van der Waals surface area contributed by atoms with Crippen molar-refractivity contribution in [2.75, 3.05) is 6.54 Å². The third kappa shape index (κ3) is 9.40. The monoisotopic (exact) mass is 646 g/mol. The number of unbranched alkanes of at least 4 members (excludes halogenated alkanes) is 1. The van der Waals surface area contributed by atoms with Crippen LogP contribution in [0.2, 0.25) is 0 Å². The largest absolute Gasteiger partial charge is 0.480 e. The quantitative estimate of drug-likeness (QED) is 0.0694. The lowest BCUT2D eigenvalue weighted by molar-refractivity contribution is -0.142. The molecule has 0 fully saturated rings. The van der Waals surface area contributed by atoms with Crippen LogP contribution in [-0.4, -0.2) is 75.4 Å². The van der Waals surface area contributed by atoms with Gasteiger partial charge in [0.1, 0.15) is 18.1 Å². The van der Waals surface area contributed by atoms with Gasteiger partial charge < -0.3 is 48.2 Å². The Morgan fingerprint density at radius 1 is 0.702 bits per heavy atom. The smallest absolute Gasteiger partial charge is 0.326 e. The van der Waals surface area contributed by atoms with Gasteiger partial charge in [-0.25, -0.2) is 4.79 Å². The second-order valence-electron chi connectivity index (χ2n) is 11.5. The molecule has 0 saturated carbocycles. The normalized spacial score (nSPS) is 13.8.